The second-order valence-electron chi connectivity index (χ2n) is 4.95. The first-order valence-corrected chi connectivity index (χ1v) is 7.03. The van der Waals surface area contributed by atoms with Crippen molar-refractivity contribution in [2.75, 3.05) is 13.7 Å². The van der Waals surface area contributed by atoms with Gasteiger partial charge in [0.25, 0.3) is 0 Å². The fourth-order valence-electron chi connectivity index (χ4n) is 1.94. The number of carbonyl (C=O) groups excluding carboxylic acids is 1. The molecule has 19 heavy (non-hydrogen) atoms. The summed E-state index contributed by atoms with van der Waals surface area (Å²) >= 11 is 0. The Balaban J connectivity index is 2.78. The highest BCUT2D eigenvalue weighted by molar-refractivity contribution is 5.86. The SMILES string of the molecule is CCCNC(CC(C)CC)c1ccc(C(=O)OC)o1. The van der Waals surface area contributed by atoms with E-state index in [1.165, 1.54) is 7.11 Å². The zero-order chi connectivity index (χ0) is 14.3. The Kier molecular flexibility index (Phi) is 6.64. The van der Waals surface area contributed by atoms with Gasteiger partial charge in [0.2, 0.25) is 5.76 Å². The van der Waals surface area contributed by atoms with E-state index in [0.717, 1.165) is 31.6 Å². The van der Waals surface area contributed by atoms with Gasteiger partial charge in [0, 0.05) is 0 Å². The first-order chi connectivity index (χ1) is 9.12. The van der Waals surface area contributed by atoms with Crippen LogP contribution in [0.25, 0.3) is 0 Å². The summed E-state index contributed by atoms with van der Waals surface area (Å²) in [6.45, 7) is 7.49. The van der Waals surface area contributed by atoms with Gasteiger partial charge in [-0.25, -0.2) is 4.79 Å². The Morgan fingerprint density at radius 2 is 2.16 bits per heavy atom. The predicted molar refractivity (Wildman–Crippen MR) is 75.2 cm³/mol. The molecule has 0 amide bonds. The summed E-state index contributed by atoms with van der Waals surface area (Å²) in [6.07, 6.45) is 3.21. The maximum atomic E-state index is 11.4. The number of hydrogen-bond acceptors (Lipinski definition) is 4. The van der Waals surface area contributed by atoms with E-state index >= 15 is 0 Å². The zero-order valence-corrected chi connectivity index (χ0v) is 12.4. The van der Waals surface area contributed by atoms with E-state index in [1.807, 2.05) is 6.07 Å². The van der Waals surface area contributed by atoms with E-state index in [4.69, 9.17) is 4.42 Å². The third kappa shape index (κ3) is 4.71. The van der Waals surface area contributed by atoms with E-state index < -0.39 is 5.97 Å². The van der Waals surface area contributed by atoms with Crippen molar-refractivity contribution >= 4 is 5.97 Å². The first kappa shape index (κ1) is 15.8. The third-order valence-corrected chi connectivity index (χ3v) is 3.33. The van der Waals surface area contributed by atoms with Crippen LogP contribution in [0.5, 0.6) is 0 Å². The van der Waals surface area contributed by atoms with Crippen molar-refractivity contribution in [3.63, 3.8) is 0 Å². The van der Waals surface area contributed by atoms with E-state index in [-0.39, 0.29) is 11.8 Å². The molecule has 0 saturated carbocycles. The van der Waals surface area contributed by atoms with Crippen LogP contribution < -0.4 is 5.32 Å². The molecule has 2 unspecified atom stereocenters. The van der Waals surface area contributed by atoms with Gasteiger partial charge in [-0.1, -0.05) is 27.2 Å². The topological polar surface area (TPSA) is 51.5 Å². The van der Waals surface area contributed by atoms with E-state index in [0.29, 0.717) is 5.92 Å². The fourth-order valence-corrected chi connectivity index (χ4v) is 1.94. The summed E-state index contributed by atoms with van der Waals surface area (Å²) in [5.74, 6) is 1.27. The van der Waals surface area contributed by atoms with Crippen LogP contribution in [0.3, 0.4) is 0 Å². The maximum absolute atomic E-state index is 11.4. The highest BCUT2D eigenvalue weighted by Crippen LogP contribution is 2.25. The van der Waals surface area contributed by atoms with Crippen molar-refractivity contribution < 1.29 is 13.9 Å². The van der Waals surface area contributed by atoms with Gasteiger partial charge in [-0.3, -0.25) is 0 Å². The Labute approximate surface area is 115 Å². The summed E-state index contributed by atoms with van der Waals surface area (Å²) in [4.78, 5) is 11.4. The molecule has 0 aliphatic heterocycles. The van der Waals surface area contributed by atoms with Crippen molar-refractivity contribution in [2.24, 2.45) is 5.92 Å². The van der Waals surface area contributed by atoms with Gasteiger partial charge in [0.15, 0.2) is 0 Å². The molecule has 0 aromatic carbocycles. The number of rotatable bonds is 8. The van der Waals surface area contributed by atoms with Gasteiger partial charge in [-0.15, -0.1) is 0 Å². The second-order valence-corrected chi connectivity index (χ2v) is 4.95. The van der Waals surface area contributed by atoms with Crippen molar-refractivity contribution in [1.82, 2.24) is 5.32 Å². The average molecular weight is 267 g/mol. The van der Waals surface area contributed by atoms with Crippen LogP contribution in [-0.2, 0) is 4.74 Å². The minimum absolute atomic E-state index is 0.160. The molecule has 0 bridgehead atoms. The predicted octanol–water partition coefficient (Wildman–Crippen LogP) is 3.54. The molecule has 0 aliphatic carbocycles. The Bertz CT molecular complexity index is 386. The molecular formula is C15H25NO3. The van der Waals surface area contributed by atoms with Crippen molar-refractivity contribution in [2.45, 2.75) is 46.1 Å². The molecule has 4 heteroatoms. The molecular weight excluding hydrogens is 242 g/mol. The van der Waals surface area contributed by atoms with Crippen LogP contribution in [0.15, 0.2) is 16.5 Å². The molecule has 1 heterocycles. The summed E-state index contributed by atoms with van der Waals surface area (Å²) in [5.41, 5.74) is 0. The van der Waals surface area contributed by atoms with Gasteiger partial charge in [0.1, 0.15) is 5.76 Å². The minimum atomic E-state index is -0.427. The van der Waals surface area contributed by atoms with Crippen LogP contribution in [0, 0.1) is 5.92 Å². The minimum Gasteiger partial charge on any atom is -0.463 e. The molecule has 0 fully saturated rings. The highest BCUT2D eigenvalue weighted by Gasteiger charge is 2.19. The number of carbonyl (C=O) groups is 1. The Hall–Kier alpha value is -1.29. The van der Waals surface area contributed by atoms with Gasteiger partial charge in [0.05, 0.1) is 13.2 Å². The van der Waals surface area contributed by atoms with Gasteiger partial charge < -0.3 is 14.5 Å². The van der Waals surface area contributed by atoms with Crippen LogP contribution in [0.1, 0.15) is 62.4 Å². The number of methoxy groups -OCH3 is 1. The molecule has 1 aromatic rings. The molecule has 108 valence electrons. The quantitative estimate of drug-likeness (QED) is 0.732. The summed E-state index contributed by atoms with van der Waals surface area (Å²) in [6, 6.07) is 3.70. The normalized spacial score (nSPS) is 14.1. The number of nitrogens with one attached hydrogen (secondary N) is 1. The van der Waals surface area contributed by atoms with Gasteiger partial charge in [-0.05, 0) is 37.4 Å². The van der Waals surface area contributed by atoms with E-state index in [9.17, 15) is 4.79 Å². The smallest absolute Gasteiger partial charge is 0.373 e. The summed E-state index contributed by atoms with van der Waals surface area (Å²) in [7, 11) is 1.36. The molecule has 0 spiro atoms. The van der Waals surface area contributed by atoms with Gasteiger partial charge >= 0.3 is 5.97 Å². The Morgan fingerprint density at radius 1 is 1.42 bits per heavy atom. The zero-order valence-electron chi connectivity index (χ0n) is 12.4. The second kappa shape index (κ2) is 8.00. The van der Waals surface area contributed by atoms with Crippen molar-refractivity contribution in [3.8, 4) is 0 Å². The van der Waals surface area contributed by atoms with Gasteiger partial charge in [-0.2, -0.15) is 0 Å². The number of furan rings is 1. The average Bonchev–Trinajstić information content (AvgIpc) is 2.91. The van der Waals surface area contributed by atoms with E-state index in [2.05, 4.69) is 30.8 Å². The number of ether oxygens (including phenoxy) is 1. The molecule has 1 rings (SSSR count). The molecule has 1 aromatic heterocycles. The number of esters is 1. The van der Waals surface area contributed by atoms with Crippen LogP contribution in [-0.4, -0.2) is 19.6 Å². The molecule has 1 N–H and O–H groups in total. The lowest BCUT2D eigenvalue weighted by Gasteiger charge is -2.19. The van der Waals surface area contributed by atoms with Crippen molar-refractivity contribution in [1.29, 1.82) is 0 Å². The first-order valence-electron chi connectivity index (χ1n) is 7.03. The van der Waals surface area contributed by atoms with E-state index in [1.54, 1.807) is 6.07 Å². The summed E-state index contributed by atoms with van der Waals surface area (Å²) in [5, 5.41) is 3.48. The largest absolute Gasteiger partial charge is 0.463 e. The van der Waals surface area contributed by atoms with Crippen LogP contribution >= 0.6 is 0 Å². The lowest BCUT2D eigenvalue weighted by atomic mass is 9.98. The molecule has 2 atom stereocenters. The maximum Gasteiger partial charge on any atom is 0.373 e. The molecule has 0 radical (unpaired) electrons. The Morgan fingerprint density at radius 3 is 2.74 bits per heavy atom. The number of hydrogen-bond donors (Lipinski definition) is 1. The van der Waals surface area contributed by atoms with Crippen LogP contribution in [0.4, 0.5) is 0 Å². The molecule has 4 nitrogen and oxygen atoms in total. The summed E-state index contributed by atoms with van der Waals surface area (Å²) < 4.78 is 10.3. The standard InChI is InChI=1S/C15H25NO3/c1-5-9-16-12(10-11(3)6-2)13-7-8-14(19-13)15(17)18-4/h7-8,11-12,16H,5-6,9-10H2,1-4H3. The monoisotopic (exact) mass is 267 g/mol. The third-order valence-electron chi connectivity index (χ3n) is 3.33. The highest BCUT2D eigenvalue weighted by atomic mass is 16.5. The molecule has 0 aliphatic rings. The molecule has 0 saturated heterocycles. The van der Waals surface area contributed by atoms with Crippen molar-refractivity contribution in [3.05, 3.63) is 23.7 Å². The lowest BCUT2D eigenvalue weighted by molar-refractivity contribution is 0.0561. The fraction of sp³-hybridized carbons (Fsp3) is 0.667. The lowest BCUT2D eigenvalue weighted by Crippen LogP contribution is -2.23. The van der Waals surface area contributed by atoms with Crippen LogP contribution in [0.2, 0.25) is 0 Å².